The molecule has 1 fully saturated rings. The van der Waals surface area contributed by atoms with Gasteiger partial charge in [0.25, 0.3) is 0 Å². The van der Waals surface area contributed by atoms with Crippen molar-refractivity contribution in [1.29, 1.82) is 5.26 Å². The molecule has 2 unspecified atom stereocenters. The van der Waals surface area contributed by atoms with Crippen molar-refractivity contribution in [3.05, 3.63) is 34.9 Å². The van der Waals surface area contributed by atoms with E-state index in [9.17, 15) is 0 Å². The van der Waals surface area contributed by atoms with Gasteiger partial charge in [-0.25, -0.2) is 0 Å². The van der Waals surface area contributed by atoms with Crippen LogP contribution in [-0.4, -0.2) is 6.04 Å². The van der Waals surface area contributed by atoms with Gasteiger partial charge in [0.15, 0.2) is 0 Å². The van der Waals surface area contributed by atoms with E-state index in [4.69, 9.17) is 5.26 Å². The van der Waals surface area contributed by atoms with E-state index in [0.717, 1.165) is 19.4 Å². The first-order chi connectivity index (χ1) is 8.20. The van der Waals surface area contributed by atoms with E-state index < -0.39 is 0 Å². The zero-order valence-electron chi connectivity index (χ0n) is 10.7. The lowest BCUT2D eigenvalue weighted by Crippen LogP contribution is -2.31. The Morgan fingerprint density at radius 2 is 2.12 bits per heavy atom. The lowest BCUT2D eigenvalue weighted by molar-refractivity contribution is 0.464. The molecule has 2 nitrogen and oxygen atoms in total. The SMILES string of the molecule is Cc1ccc(CNC2CCCC2C#N)cc1C. The molecule has 2 rings (SSSR count). The molecule has 0 saturated heterocycles. The van der Waals surface area contributed by atoms with Crippen molar-refractivity contribution in [3.63, 3.8) is 0 Å². The molecular weight excluding hydrogens is 208 g/mol. The van der Waals surface area contributed by atoms with Crippen LogP contribution in [0, 0.1) is 31.1 Å². The van der Waals surface area contributed by atoms with Gasteiger partial charge in [0.05, 0.1) is 12.0 Å². The summed E-state index contributed by atoms with van der Waals surface area (Å²) in [5.41, 5.74) is 3.99. The highest BCUT2D eigenvalue weighted by molar-refractivity contribution is 5.29. The Morgan fingerprint density at radius 3 is 2.82 bits per heavy atom. The molecule has 1 aromatic carbocycles. The van der Waals surface area contributed by atoms with Crippen LogP contribution in [0.5, 0.6) is 0 Å². The Balaban J connectivity index is 1.93. The van der Waals surface area contributed by atoms with Gasteiger partial charge in [-0.3, -0.25) is 0 Å². The highest BCUT2D eigenvalue weighted by Crippen LogP contribution is 2.25. The minimum Gasteiger partial charge on any atom is -0.309 e. The molecule has 1 aliphatic carbocycles. The van der Waals surface area contributed by atoms with Crippen molar-refractivity contribution in [2.75, 3.05) is 0 Å². The molecule has 90 valence electrons. The second kappa shape index (κ2) is 5.33. The predicted molar refractivity (Wildman–Crippen MR) is 69.5 cm³/mol. The average molecular weight is 228 g/mol. The number of nitrogens with one attached hydrogen (secondary N) is 1. The van der Waals surface area contributed by atoms with E-state index in [1.165, 1.54) is 23.1 Å². The molecule has 0 radical (unpaired) electrons. The van der Waals surface area contributed by atoms with Crippen molar-refractivity contribution in [3.8, 4) is 6.07 Å². The number of benzene rings is 1. The smallest absolute Gasteiger partial charge is 0.0672 e. The third kappa shape index (κ3) is 2.87. The normalized spacial score (nSPS) is 23.6. The number of hydrogen-bond acceptors (Lipinski definition) is 2. The van der Waals surface area contributed by atoms with E-state index in [-0.39, 0.29) is 5.92 Å². The van der Waals surface area contributed by atoms with Crippen LogP contribution in [0.2, 0.25) is 0 Å². The number of aryl methyl sites for hydroxylation is 2. The van der Waals surface area contributed by atoms with Gasteiger partial charge in [0, 0.05) is 12.6 Å². The van der Waals surface area contributed by atoms with Crippen LogP contribution < -0.4 is 5.32 Å². The number of nitrogens with zero attached hydrogens (tertiary/aromatic N) is 1. The summed E-state index contributed by atoms with van der Waals surface area (Å²) in [5, 5.41) is 12.5. The van der Waals surface area contributed by atoms with Crippen LogP contribution >= 0.6 is 0 Å². The zero-order chi connectivity index (χ0) is 12.3. The van der Waals surface area contributed by atoms with Crippen molar-refractivity contribution < 1.29 is 0 Å². The van der Waals surface area contributed by atoms with Gasteiger partial charge in [-0.15, -0.1) is 0 Å². The molecule has 2 atom stereocenters. The van der Waals surface area contributed by atoms with Gasteiger partial charge < -0.3 is 5.32 Å². The second-order valence-corrected chi connectivity index (χ2v) is 5.07. The molecule has 0 bridgehead atoms. The van der Waals surface area contributed by atoms with E-state index in [2.05, 4.69) is 43.4 Å². The number of nitriles is 1. The van der Waals surface area contributed by atoms with Crippen molar-refractivity contribution in [1.82, 2.24) is 5.32 Å². The Morgan fingerprint density at radius 1 is 1.29 bits per heavy atom. The summed E-state index contributed by atoms with van der Waals surface area (Å²) >= 11 is 0. The summed E-state index contributed by atoms with van der Waals surface area (Å²) in [4.78, 5) is 0. The largest absolute Gasteiger partial charge is 0.309 e. The maximum atomic E-state index is 9.02. The molecule has 17 heavy (non-hydrogen) atoms. The molecule has 0 heterocycles. The second-order valence-electron chi connectivity index (χ2n) is 5.07. The van der Waals surface area contributed by atoms with Gasteiger partial charge in [0.1, 0.15) is 0 Å². The average Bonchev–Trinajstić information content (AvgIpc) is 2.78. The van der Waals surface area contributed by atoms with Gasteiger partial charge in [-0.1, -0.05) is 24.6 Å². The molecule has 1 aromatic rings. The maximum Gasteiger partial charge on any atom is 0.0672 e. The quantitative estimate of drug-likeness (QED) is 0.863. The molecule has 0 aromatic heterocycles. The predicted octanol–water partition coefficient (Wildman–Crippen LogP) is 3.09. The van der Waals surface area contributed by atoms with Gasteiger partial charge in [0.2, 0.25) is 0 Å². The number of hydrogen-bond donors (Lipinski definition) is 1. The lowest BCUT2D eigenvalue weighted by Gasteiger charge is -2.16. The molecule has 1 N–H and O–H groups in total. The van der Waals surface area contributed by atoms with E-state index in [1.807, 2.05) is 0 Å². The van der Waals surface area contributed by atoms with Crippen LogP contribution in [0.1, 0.15) is 36.0 Å². The summed E-state index contributed by atoms with van der Waals surface area (Å²) in [5.74, 6) is 0.210. The third-order valence-corrected chi connectivity index (χ3v) is 3.82. The van der Waals surface area contributed by atoms with Crippen molar-refractivity contribution in [2.24, 2.45) is 5.92 Å². The Labute approximate surface area is 104 Å². The fraction of sp³-hybridized carbons (Fsp3) is 0.533. The highest BCUT2D eigenvalue weighted by Gasteiger charge is 2.26. The molecular formula is C15H20N2. The van der Waals surface area contributed by atoms with Crippen LogP contribution in [0.25, 0.3) is 0 Å². The standard InChI is InChI=1S/C15H20N2/c1-11-6-7-13(8-12(11)2)10-17-15-5-3-4-14(15)9-16/h6-8,14-15,17H,3-5,10H2,1-2H3. The van der Waals surface area contributed by atoms with E-state index in [1.54, 1.807) is 0 Å². The summed E-state index contributed by atoms with van der Waals surface area (Å²) < 4.78 is 0. The number of rotatable bonds is 3. The summed E-state index contributed by atoms with van der Waals surface area (Å²) in [7, 11) is 0. The fourth-order valence-electron chi connectivity index (χ4n) is 2.52. The van der Waals surface area contributed by atoms with Gasteiger partial charge in [-0.2, -0.15) is 5.26 Å². The maximum absolute atomic E-state index is 9.02. The fourth-order valence-corrected chi connectivity index (χ4v) is 2.52. The van der Waals surface area contributed by atoms with E-state index in [0.29, 0.717) is 6.04 Å². The first kappa shape index (κ1) is 12.1. The summed E-state index contributed by atoms with van der Waals surface area (Å²) in [6.07, 6.45) is 3.38. The minimum absolute atomic E-state index is 0.210. The molecule has 2 heteroatoms. The first-order valence-corrected chi connectivity index (χ1v) is 6.40. The molecule has 0 amide bonds. The Bertz CT molecular complexity index is 431. The monoisotopic (exact) mass is 228 g/mol. The van der Waals surface area contributed by atoms with E-state index >= 15 is 0 Å². The van der Waals surface area contributed by atoms with Gasteiger partial charge >= 0.3 is 0 Å². The Kier molecular flexibility index (Phi) is 3.81. The molecule has 0 aliphatic heterocycles. The topological polar surface area (TPSA) is 35.8 Å². The summed E-state index contributed by atoms with van der Waals surface area (Å²) in [6.45, 7) is 5.16. The molecule has 1 aliphatic rings. The van der Waals surface area contributed by atoms with Crippen molar-refractivity contribution >= 4 is 0 Å². The molecule has 0 spiro atoms. The summed E-state index contributed by atoms with van der Waals surface area (Å²) in [6, 6.07) is 9.38. The van der Waals surface area contributed by atoms with Crippen LogP contribution in [-0.2, 0) is 6.54 Å². The molecule has 1 saturated carbocycles. The van der Waals surface area contributed by atoms with Crippen LogP contribution in [0.4, 0.5) is 0 Å². The first-order valence-electron chi connectivity index (χ1n) is 6.40. The Hall–Kier alpha value is -1.33. The van der Waals surface area contributed by atoms with Crippen LogP contribution in [0.15, 0.2) is 18.2 Å². The van der Waals surface area contributed by atoms with Crippen molar-refractivity contribution in [2.45, 2.75) is 45.7 Å². The third-order valence-electron chi connectivity index (χ3n) is 3.82. The zero-order valence-corrected chi connectivity index (χ0v) is 10.7. The lowest BCUT2D eigenvalue weighted by atomic mass is 10.0. The minimum atomic E-state index is 0.210. The highest BCUT2D eigenvalue weighted by atomic mass is 14.9. The van der Waals surface area contributed by atoms with Crippen LogP contribution in [0.3, 0.4) is 0 Å². The van der Waals surface area contributed by atoms with Gasteiger partial charge in [-0.05, 0) is 43.4 Å².